The van der Waals surface area contributed by atoms with Crippen LogP contribution >= 0.6 is 0 Å². The number of pyridine rings is 1. The van der Waals surface area contributed by atoms with Gasteiger partial charge in [-0.3, -0.25) is 4.98 Å². The molecule has 2 aliphatic rings. The summed E-state index contributed by atoms with van der Waals surface area (Å²) in [5.74, 6) is 3.34. The highest BCUT2D eigenvalue weighted by Crippen LogP contribution is 2.33. The molecule has 0 unspecified atom stereocenters. The van der Waals surface area contributed by atoms with Crippen molar-refractivity contribution in [3.63, 3.8) is 0 Å². The maximum atomic E-state index is 4.90. The van der Waals surface area contributed by atoms with Crippen LogP contribution in [0.4, 0.5) is 5.95 Å². The summed E-state index contributed by atoms with van der Waals surface area (Å²) in [7, 11) is 0. The molecule has 1 saturated heterocycles. The van der Waals surface area contributed by atoms with Crippen molar-refractivity contribution in [1.82, 2.24) is 24.5 Å². The summed E-state index contributed by atoms with van der Waals surface area (Å²) in [4.78, 5) is 21.1. The molecule has 5 rings (SSSR count). The second-order valence-electron chi connectivity index (χ2n) is 8.49. The van der Waals surface area contributed by atoms with Gasteiger partial charge in [0.05, 0.1) is 5.69 Å². The van der Waals surface area contributed by atoms with Gasteiger partial charge >= 0.3 is 0 Å². The van der Waals surface area contributed by atoms with Crippen molar-refractivity contribution in [2.75, 3.05) is 18.0 Å². The van der Waals surface area contributed by atoms with Crippen LogP contribution < -0.4 is 4.90 Å². The second-order valence-corrected chi connectivity index (χ2v) is 8.49. The Morgan fingerprint density at radius 2 is 1.90 bits per heavy atom. The fraction of sp³-hybridized carbons (Fsp3) is 0.478. The van der Waals surface area contributed by atoms with E-state index in [1.807, 2.05) is 38.4 Å². The normalized spacial score (nSPS) is 19.5. The average Bonchev–Trinajstić information content (AvgIpc) is 3.43. The topological polar surface area (TPSA) is 59.7 Å². The minimum absolute atomic E-state index is 0.438. The molecule has 6 heteroatoms. The van der Waals surface area contributed by atoms with E-state index in [0.29, 0.717) is 5.92 Å². The minimum Gasteiger partial charge on any atom is -0.340 e. The predicted octanol–water partition coefficient (Wildman–Crippen LogP) is 4.15. The molecule has 150 valence electrons. The zero-order valence-corrected chi connectivity index (χ0v) is 17.3. The van der Waals surface area contributed by atoms with E-state index in [4.69, 9.17) is 9.97 Å². The van der Waals surface area contributed by atoms with Crippen LogP contribution in [-0.4, -0.2) is 37.6 Å². The zero-order valence-electron chi connectivity index (χ0n) is 17.3. The van der Waals surface area contributed by atoms with E-state index in [0.717, 1.165) is 60.6 Å². The van der Waals surface area contributed by atoms with Gasteiger partial charge in [-0.2, -0.15) is 0 Å². The maximum Gasteiger partial charge on any atom is 0.225 e. The summed E-state index contributed by atoms with van der Waals surface area (Å²) in [6.07, 6.45) is 11.0. The molecule has 3 aromatic heterocycles. The van der Waals surface area contributed by atoms with Crippen LogP contribution in [0, 0.1) is 19.8 Å². The molecular formula is C23H28N6. The molecule has 1 saturated carbocycles. The van der Waals surface area contributed by atoms with Gasteiger partial charge in [0, 0.05) is 61.1 Å². The Morgan fingerprint density at radius 3 is 2.72 bits per heavy atom. The number of imidazole rings is 1. The first-order valence-electron chi connectivity index (χ1n) is 10.7. The van der Waals surface area contributed by atoms with E-state index in [1.165, 1.54) is 25.1 Å². The lowest BCUT2D eigenvalue weighted by Crippen LogP contribution is -2.36. The molecule has 0 aromatic carbocycles. The number of anilines is 1. The Bertz CT molecular complexity index is 1010. The van der Waals surface area contributed by atoms with Gasteiger partial charge in [0.15, 0.2) is 0 Å². The van der Waals surface area contributed by atoms with E-state index < -0.39 is 0 Å². The Balaban J connectivity index is 1.38. The third-order valence-corrected chi connectivity index (χ3v) is 6.11. The van der Waals surface area contributed by atoms with Gasteiger partial charge in [0.2, 0.25) is 5.95 Å². The molecule has 0 N–H and O–H groups in total. The molecule has 4 heterocycles. The highest BCUT2D eigenvalue weighted by atomic mass is 15.3. The van der Waals surface area contributed by atoms with E-state index in [1.54, 1.807) is 0 Å². The molecule has 1 atom stereocenters. The number of nitrogens with zero attached hydrogens (tertiary/aromatic N) is 6. The van der Waals surface area contributed by atoms with Gasteiger partial charge in [0.1, 0.15) is 5.82 Å². The number of rotatable bonds is 5. The largest absolute Gasteiger partial charge is 0.340 e. The number of aryl methyl sites for hydroxylation is 2. The van der Waals surface area contributed by atoms with Gasteiger partial charge in [-0.25, -0.2) is 15.0 Å². The van der Waals surface area contributed by atoms with Gasteiger partial charge < -0.3 is 9.47 Å². The van der Waals surface area contributed by atoms with Crippen LogP contribution in [0.5, 0.6) is 0 Å². The van der Waals surface area contributed by atoms with Gasteiger partial charge in [-0.05, 0) is 63.6 Å². The molecule has 29 heavy (non-hydrogen) atoms. The third-order valence-electron chi connectivity index (χ3n) is 6.11. The molecule has 0 amide bonds. The third kappa shape index (κ3) is 3.88. The molecule has 0 spiro atoms. The Morgan fingerprint density at radius 1 is 1.00 bits per heavy atom. The summed E-state index contributed by atoms with van der Waals surface area (Å²) in [5.41, 5.74) is 4.06. The van der Waals surface area contributed by atoms with Crippen molar-refractivity contribution in [2.45, 2.75) is 52.0 Å². The van der Waals surface area contributed by atoms with E-state index in [-0.39, 0.29) is 0 Å². The smallest absolute Gasteiger partial charge is 0.225 e. The van der Waals surface area contributed by atoms with Crippen molar-refractivity contribution in [1.29, 1.82) is 0 Å². The van der Waals surface area contributed by atoms with E-state index in [9.17, 15) is 0 Å². The standard InChI is InChI=1S/C23H28N6/c1-16-5-8-20(17(2)26-16)21-9-10-25-23(27-21)29-12-3-4-19(15-29)22-24-11-13-28(22)14-18-6-7-18/h5,8-11,13,18-19H,3-4,6-7,12,14-15H2,1-2H3/t19-/m0/s1. The van der Waals surface area contributed by atoms with E-state index in [2.05, 4.69) is 31.7 Å². The van der Waals surface area contributed by atoms with Crippen molar-refractivity contribution in [2.24, 2.45) is 5.92 Å². The van der Waals surface area contributed by atoms with Crippen molar-refractivity contribution in [3.8, 4) is 11.3 Å². The molecule has 1 aliphatic carbocycles. The van der Waals surface area contributed by atoms with Crippen LogP contribution in [0.3, 0.4) is 0 Å². The monoisotopic (exact) mass is 388 g/mol. The molecule has 2 fully saturated rings. The van der Waals surface area contributed by atoms with Gasteiger partial charge in [-0.1, -0.05) is 0 Å². The summed E-state index contributed by atoms with van der Waals surface area (Å²) >= 11 is 0. The fourth-order valence-corrected chi connectivity index (χ4v) is 4.39. The first-order chi connectivity index (χ1) is 14.2. The van der Waals surface area contributed by atoms with Crippen LogP contribution in [0.1, 0.15) is 48.8 Å². The highest BCUT2D eigenvalue weighted by molar-refractivity contribution is 5.62. The molecule has 6 nitrogen and oxygen atoms in total. The van der Waals surface area contributed by atoms with Crippen molar-refractivity contribution in [3.05, 3.63) is 54.0 Å². The molecule has 3 aromatic rings. The molecular weight excluding hydrogens is 360 g/mol. The quantitative estimate of drug-likeness (QED) is 0.657. The van der Waals surface area contributed by atoms with Gasteiger partial charge in [-0.15, -0.1) is 0 Å². The average molecular weight is 389 g/mol. The minimum atomic E-state index is 0.438. The number of hydrogen-bond donors (Lipinski definition) is 0. The summed E-state index contributed by atoms with van der Waals surface area (Å²) < 4.78 is 2.38. The lowest BCUT2D eigenvalue weighted by molar-refractivity contribution is 0.459. The molecule has 0 bridgehead atoms. The molecule has 1 aliphatic heterocycles. The zero-order chi connectivity index (χ0) is 19.8. The van der Waals surface area contributed by atoms with Crippen LogP contribution in [0.2, 0.25) is 0 Å². The highest BCUT2D eigenvalue weighted by Gasteiger charge is 2.28. The first kappa shape index (κ1) is 18.3. The first-order valence-corrected chi connectivity index (χ1v) is 10.7. The predicted molar refractivity (Wildman–Crippen MR) is 114 cm³/mol. The van der Waals surface area contributed by atoms with Crippen LogP contribution in [0.15, 0.2) is 36.8 Å². The lowest BCUT2D eigenvalue weighted by atomic mass is 9.97. The molecule has 0 radical (unpaired) electrons. The lowest BCUT2D eigenvalue weighted by Gasteiger charge is -2.32. The Labute approximate surface area is 172 Å². The van der Waals surface area contributed by atoms with Crippen LogP contribution in [-0.2, 0) is 6.54 Å². The van der Waals surface area contributed by atoms with Crippen molar-refractivity contribution >= 4 is 5.95 Å². The maximum absolute atomic E-state index is 4.90. The summed E-state index contributed by atoms with van der Waals surface area (Å²) in [6, 6.07) is 6.13. The second kappa shape index (κ2) is 7.58. The fourth-order valence-electron chi connectivity index (χ4n) is 4.39. The van der Waals surface area contributed by atoms with E-state index >= 15 is 0 Å². The number of piperidine rings is 1. The van der Waals surface area contributed by atoms with Crippen LogP contribution in [0.25, 0.3) is 11.3 Å². The number of hydrogen-bond acceptors (Lipinski definition) is 5. The summed E-state index contributed by atoms with van der Waals surface area (Å²) in [6.45, 7) is 7.10. The Kier molecular flexibility index (Phi) is 4.78. The van der Waals surface area contributed by atoms with Crippen molar-refractivity contribution < 1.29 is 0 Å². The number of aromatic nitrogens is 5. The SMILES string of the molecule is Cc1ccc(-c2ccnc(N3CCC[C@H](c4nccn4CC4CC4)C3)n2)c(C)n1. The Hall–Kier alpha value is -2.76. The summed E-state index contributed by atoms with van der Waals surface area (Å²) in [5, 5.41) is 0. The van der Waals surface area contributed by atoms with Gasteiger partial charge in [0.25, 0.3) is 0 Å².